The van der Waals surface area contributed by atoms with Crippen molar-refractivity contribution < 1.29 is 4.79 Å². The van der Waals surface area contributed by atoms with Gasteiger partial charge in [0.05, 0.1) is 10.0 Å². The second kappa shape index (κ2) is 8.70. The molecule has 1 fully saturated rings. The number of nitrogens with one attached hydrogen (secondary N) is 1. The van der Waals surface area contributed by atoms with Gasteiger partial charge in [-0.1, -0.05) is 41.8 Å². The highest BCUT2D eigenvalue weighted by Crippen LogP contribution is 2.23. The number of anilines is 1. The number of carbonyl (C=O) groups excluding carboxylic acids is 1. The second-order valence-electron chi connectivity index (χ2n) is 6.44. The first kappa shape index (κ1) is 18.2. The van der Waals surface area contributed by atoms with Crippen LogP contribution in [-0.4, -0.2) is 30.4 Å². The maximum absolute atomic E-state index is 12.4. The molecule has 0 saturated carbocycles. The lowest BCUT2D eigenvalue weighted by Crippen LogP contribution is -2.31. The van der Waals surface area contributed by atoms with Crippen LogP contribution in [0.2, 0.25) is 10.0 Å². The van der Waals surface area contributed by atoms with E-state index in [1.165, 1.54) is 37.9 Å². The number of nitrogens with zero attached hydrogens (tertiary/aromatic N) is 1. The van der Waals surface area contributed by atoms with Gasteiger partial charge in [0.25, 0.3) is 5.91 Å². The van der Waals surface area contributed by atoms with Gasteiger partial charge in [0.1, 0.15) is 0 Å². The summed E-state index contributed by atoms with van der Waals surface area (Å²) in [5.41, 5.74) is 2.53. The van der Waals surface area contributed by atoms with Gasteiger partial charge in [0.15, 0.2) is 0 Å². The lowest BCUT2D eigenvalue weighted by molar-refractivity contribution is 0.102. The lowest BCUT2D eigenvalue weighted by Gasteiger charge is -2.26. The molecule has 1 N–H and O–H groups in total. The van der Waals surface area contributed by atoms with E-state index in [2.05, 4.69) is 16.3 Å². The summed E-state index contributed by atoms with van der Waals surface area (Å²) in [6, 6.07) is 12.9. The van der Waals surface area contributed by atoms with Gasteiger partial charge in [-0.25, -0.2) is 0 Å². The molecule has 1 aliphatic heterocycles. The highest BCUT2D eigenvalue weighted by atomic mass is 35.5. The third-order valence-electron chi connectivity index (χ3n) is 4.53. The molecule has 0 aromatic heterocycles. The number of halogens is 2. The molecule has 1 saturated heterocycles. The molecule has 3 nitrogen and oxygen atoms in total. The highest BCUT2D eigenvalue weighted by Gasteiger charge is 2.11. The maximum Gasteiger partial charge on any atom is 0.255 e. The van der Waals surface area contributed by atoms with E-state index < -0.39 is 0 Å². The van der Waals surface area contributed by atoms with E-state index in [1.54, 1.807) is 18.2 Å². The quantitative estimate of drug-likeness (QED) is 0.770. The molecular formula is C20H22Cl2N2O. The van der Waals surface area contributed by atoms with Crippen molar-refractivity contribution in [1.82, 2.24) is 4.90 Å². The number of hydrogen-bond acceptors (Lipinski definition) is 2. The van der Waals surface area contributed by atoms with Gasteiger partial charge < -0.3 is 10.2 Å². The summed E-state index contributed by atoms with van der Waals surface area (Å²) in [4.78, 5) is 14.9. The smallest absolute Gasteiger partial charge is 0.255 e. The molecule has 1 heterocycles. The van der Waals surface area contributed by atoms with Crippen LogP contribution in [0.5, 0.6) is 0 Å². The van der Waals surface area contributed by atoms with E-state index in [1.807, 2.05) is 18.2 Å². The molecule has 132 valence electrons. The lowest BCUT2D eigenvalue weighted by atomic mass is 10.1. The van der Waals surface area contributed by atoms with Gasteiger partial charge in [-0.2, -0.15) is 0 Å². The second-order valence-corrected chi connectivity index (χ2v) is 7.25. The topological polar surface area (TPSA) is 32.3 Å². The number of benzene rings is 2. The van der Waals surface area contributed by atoms with Gasteiger partial charge in [-0.05, 0) is 68.2 Å². The third kappa shape index (κ3) is 5.21. The zero-order valence-electron chi connectivity index (χ0n) is 14.1. The number of piperidine rings is 1. The zero-order valence-corrected chi connectivity index (χ0v) is 15.6. The van der Waals surface area contributed by atoms with Crippen molar-refractivity contribution in [3.05, 3.63) is 63.6 Å². The minimum Gasteiger partial charge on any atom is -0.322 e. The van der Waals surface area contributed by atoms with E-state index in [4.69, 9.17) is 23.2 Å². The number of hydrogen-bond donors (Lipinski definition) is 1. The molecule has 0 unspecified atom stereocenters. The Hall–Kier alpha value is -1.55. The van der Waals surface area contributed by atoms with E-state index in [0.29, 0.717) is 15.6 Å². The van der Waals surface area contributed by atoms with Crippen molar-refractivity contribution in [1.29, 1.82) is 0 Å². The summed E-state index contributed by atoms with van der Waals surface area (Å²) in [6.07, 6.45) is 4.96. The van der Waals surface area contributed by atoms with Crippen molar-refractivity contribution >= 4 is 34.8 Å². The molecule has 2 aromatic carbocycles. The number of amides is 1. The summed E-state index contributed by atoms with van der Waals surface area (Å²) in [6.45, 7) is 3.48. The molecule has 0 radical (unpaired) electrons. The van der Waals surface area contributed by atoms with Crippen LogP contribution in [0, 0.1) is 0 Å². The van der Waals surface area contributed by atoms with Gasteiger partial charge in [-0.15, -0.1) is 0 Å². The Labute approximate surface area is 158 Å². The summed E-state index contributed by atoms with van der Waals surface area (Å²) in [5, 5.41) is 3.75. The van der Waals surface area contributed by atoms with Crippen LogP contribution in [0.15, 0.2) is 42.5 Å². The molecule has 2 aromatic rings. The Morgan fingerprint density at radius 1 is 1.00 bits per heavy atom. The fourth-order valence-electron chi connectivity index (χ4n) is 3.12. The maximum atomic E-state index is 12.4. The minimum absolute atomic E-state index is 0.188. The Balaban J connectivity index is 1.60. The summed E-state index contributed by atoms with van der Waals surface area (Å²) >= 11 is 11.9. The largest absolute Gasteiger partial charge is 0.322 e. The fraction of sp³-hybridized carbons (Fsp3) is 0.350. The van der Waals surface area contributed by atoms with E-state index in [9.17, 15) is 4.79 Å². The summed E-state index contributed by atoms with van der Waals surface area (Å²) < 4.78 is 0. The van der Waals surface area contributed by atoms with Crippen LogP contribution in [-0.2, 0) is 6.42 Å². The van der Waals surface area contributed by atoms with Crippen LogP contribution in [0.1, 0.15) is 35.2 Å². The third-order valence-corrected chi connectivity index (χ3v) is 5.27. The molecule has 0 aliphatic carbocycles. The normalized spacial score (nSPS) is 15.1. The Morgan fingerprint density at radius 3 is 2.56 bits per heavy atom. The summed E-state index contributed by atoms with van der Waals surface area (Å²) in [7, 11) is 0. The molecule has 1 amide bonds. The first-order valence-corrected chi connectivity index (χ1v) is 9.45. The molecular weight excluding hydrogens is 355 g/mol. The van der Waals surface area contributed by atoms with E-state index >= 15 is 0 Å². The van der Waals surface area contributed by atoms with Crippen molar-refractivity contribution in [3.63, 3.8) is 0 Å². The zero-order chi connectivity index (χ0) is 17.6. The van der Waals surface area contributed by atoms with Crippen LogP contribution in [0.3, 0.4) is 0 Å². The molecule has 1 aliphatic rings. The van der Waals surface area contributed by atoms with Gasteiger partial charge in [0, 0.05) is 17.8 Å². The molecule has 5 heteroatoms. The molecule has 0 spiro atoms. The van der Waals surface area contributed by atoms with Gasteiger partial charge >= 0.3 is 0 Å². The Bertz CT molecular complexity index is 742. The van der Waals surface area contributed by atoms with Gasteiger partial charge in [0.2, 0.25) is 0 Å². The molecule has 3 rings (SSSR count). The SMILES string of the molecule is O=C(Nc1cccc(CCN2CCCCC2)c1)c1ccc(Cl)c(Cl)c1. The molecule has 0 atom stereocenters. The van der Waals surface area contributed by atoms with Crippen molar-refractivity contribution in [3.8, 4) is 0 Å². The number of likely N-dealkylation sites (tertiary alicyclic amines) is 1. The average molecular weight is 377 g/mol. The first-order chi connectivity index (χ1) is 12.1. The predicted molar refractivity (Wildman–Crippen MR) is 105 cm³/mol. The molecule has 25 heavy (non-hydrogen) atoms. The summed E-state index contributed by atoms with van der Waals surface area (Å²) in [5.74, 6) is -0.188. The monoisotopic (exact) mass is 376 g/mol. The van der Waals surface area contributed by atoms with Crippen LogP contribution in [0.25, 0.3) is 0 Å². The van der Waals surface area contributed by atoms with Crippen LogP contribution in [0.4, 0.5) is 5.69 Å². The minimum atomic E-state index is -0.188. The van der Waals surface area contributed by atoms with Crippen molar-refractivity contribution in [2.75, 3.05) is 25.0 Å². The van der Waals surface area contributed by atoms with Crippen LogP contribution < -0.4 is 5.32 Å². The number of rotatable bonds is 5. The first-order valence-electron chi connectivity index (χ1n) is 8.69. The van der Waals surface area contributed by atoms with Crippen LogP contribution >= 0.6 is 23.2 Å². The Morgan fingerprint density at radius 2 is 1.80 bits per heavy atom. The van der Waals surface area contributed by atoms with Gasteiger partial charge in [-0.3, -0.25) is 4.79 Å². The van der Waals surface area contributed by atoms with Crippen molar-refractivity contribution in [2.45, 2.75) is 25.7 Å². The average Bonchev–Trinajstić information content (AvgIpc) is 2.63. The highest BCUT2D eigenvalue weighted by molar-refractivity contribution is 6.42. The fourth-order valence-corrected chi connectivity index (χ4v) is 3.41. The Kier molecular flexibility index (Phi) is 6.35. The molecule has 0 bridgehead atoms. The van der Waals surface area contributed by atoms with E-state index in [-0.39, 0.29) is 5.91 Å². The standard InChI is InChI=1S/C20H22Cl2N2O/c21-18-8-7-16(14-19(18)22)20(25)23-17-6-4-5-15(13-17)9-12-24-10-2-1-3-11-24/h4-8,13-14H,1-3,9-12H2,(H,23,25). The van der Waals surface area contributed by atoms with E-state index in [0.717, 1.165) is 18.7 Å². The van der Waals surface area contributed by atoms with Crippen molar-refractivity contribution in [2.24, 2.45) is 0 Å². The predicted octanol–water partition coefficient (Wildman–Crippen LogP) is 5.27. The number of carbonyl (C=O) groups is 1.